The molecule has 0 bridgehead atoms. The zero-order valence-electron chi connectivity index (χ0n) is 18.4. The van der Waals surface area contributed by atoms with Gasteiger partial charge in [-0.05, 0) is 43.4 Å². The van der Waals surface area contributed by atoms with E-state index in [1.807, 2.05) is 19.2 Å². The van der Waals surface area contributed by atoms with Crippen LogP contribution in [0, 0.1) is 6.92 Å². The van der Waals surface area contributed by atoms with Crippen LogP contribution in [0.5, 0.6) is 0 Å². The molecule has 2 heterocycles. The van der Waals surface area contributed by atoms with Crippen molar-refractivity contribution in [3.05, 3.63) is 65.8 Å². The SMILES string of the molecule is Cc1nc(CSc2ccccc2C(=O)Nc2ccc(S(=O)(=O)N3CCN(C)CC3)cc2)no1. The lowest BCUT2D eigenvalue weighted by molar-refractivity contribution is 0.102. The van der Waals surface area contributed by atoms with E-state index in [-0.39, 0.29) is 10.8 Å². The van der Waals surface area contributed by atoms with Gasteiger partial charge in [0.2, 0.25) is 15.9 Å². The van der Waals surface area contributed by atoms with Gasteiger partial charge in [-0.15, -0.1) is 11.8 Å². The Morgan fingerprint density at radius 3 is 2.45 bits per heavy atom. The Labute approximate surface area is 197 Å². The zero-order chi connectivity index (χ0) is 23.4. The van der Waals surface area contributed by atoms with Crippen molar-refractivity contribution in [2.24, 2.45) is 0 Å². The number of thioether (sulfide) groups is 1. The summed E-state index contributed by atoms with van der Waals surface area (Å²) >= 11 is 1.44. The topological polar surface area (TPSA) is 109 Å². The van der Waals surface area contributed by atoms with Crippen LogP contribution in [0.15, 0.2) is 62.8 Å². The van der Waals surface area contributed by atoms with E-state index >= 15 is 0 Å². The van der Waals surface area contributed by atoms with Crippen LogP contribution in [0.4, 0.5) is 5.69 Å². The normalized spacial score (nSPS) is 15.5. The van der Waals surface area contributed by atoms with Crippen molar-refractivity contribution >= 4 is 33.4 Å². The Bertz CT molecular complexity index is 1220. The van der Waals surface area contributed by atoms with Gasteiger partial charge in [0.25, 0.3) is 5.91 Å². The maximum absolute atomic E-state index is 12.9. The predicted molar refractivity (Wildman–Crippen MR) is 126 cm³/mol. The fraction of sp³-hybridized carbons (Fsp3) is 0.318. The fourth-order valence-electron chi connectivity index (χ4n) is 3.41. The molecule has 33 heavy (non-hydrogen) atoms. The molecule has 4 rings (SSSR count). The second kappa shape index (κ2) is 10.0. The van der Waals surface area contributed by atoms with Crippen molar-refractivity contribution in [3.8, 4) is 0 Å². The van der Waals surface area contributed by atoms with Crippen molar-refractivity contribution in [2.45, 2.75) is 22.5 Å². The van der Waals surface area contributed by atoms with Crippen LogP contribution < -0.4 is 5.32 Å². The number of nitrogens with zero attached hydrogens (tertiary/aromatic N) is 4. The third-order valence-electron chi connectivity index (χ3n) is 5.27. The van der Waals surface area contributed by atoms with E-state index in [2.05, 4.69) is 20.4 Å². The van der Waals surface area contributed by atoms with Crippen molar-refractivity contribution in [3.63, 3.8) is 0 Å². The van der Waals surface area contributed by atoms with Gasteiger partial charge in [-0.25, -0.2) is 8.42 Å². The van der Waals surface area contributed by atoms with Crippen LogP contribution in [0.2, 0.25) is 0 Å². The molecule has 2 aromatic carbocycles. The van der Waals surface area contributed by atoms with Gasteiger partial charge in [0, 0.05) is 43.7 Å². The highest BCUT2D eigenvalue weighted by molar-refractivity contribution is 7.98. The minimum atomic E-state index is -3.55. The first-order valence-corrected chi connectivity index (χ1v) is 12.9. The largest absolute Gasteiger partial charge is 0.340 e. The lowest BCUT2D eigenvalue weighted by Crippen LogP contribution is -2.46. The molecule has 1 amide bonds. The van der Waals surface area contributed by atoms with Crippen LogP contribution in [-0.4, -0.2) is 66.9 Å². The third kappa shape index (κ3) is 5.61. The number of hydrogen-bond acceptors (Lipinski definition) is 8. The number of amides is 1. The van der Waals surface area contributed by atoms with Gasteiger partial charge in [-0.2, -0.15) is 9.29 Å². The molecule has 0 radical (unpaired) electrons. The molecule has 3 aromatic rings. The van der Waals surface area contributed by atoms with E-state index in [1.54, 1.807) is 31.2 Å². The summed E-state index contributed by atoms with van der Waals surface area (Å²) < 4.78 is 32.3. The molecule has 11 heteroatoms. The molecular weight excluding hydrogens is 462 g/mol. The highest BCUT2D eigenvalue weighted by Crippen LogP contribution is 2.27. The molecule has 1 aliphatic heterocycles. The van der Waals surface area contributed by atoms with Gasteiger partial charge >= 0.3 is 0 Å². The number of nitrogens with one attached hydrogen (secondary N) is 1. The molecule has 0 saturated carbocycles. The molecular formula is C22H25N5O4S2. The standard InChI is InChI=1S/C22H25N5O4S2/c1-16-23-21(25-31-16)15-32-20-6-4-3-5-19(20)22(28)24-17-7-9-18(10-8-17)33(29,30)27-13-11-26(2)12-14-27/h3-10H,11-15H2,1-2H3,(H,24,28). The number of benzene rings is 2. The Hall–Kier alpha value is -2.73. The van der Waals surface area contributed by atoms with Crippen LogP contribution in [0.3, 0.4) is 0 Å². The van der Waals surface area contributed by atoms with Crippen molar-refractivity contribution in [2.75, 3.05) is 38.5 Å². The highest BCUT2D eigenvalue weighted by atomic mass is 32.2. The number of piperazine rings is 1. The summed E-state index contributed by atoms with van der Waals surface area (Å²) in [6, 6.07) is 13.5. The third-order valence-corrected chi connectivity index (χ3v) is 8.25. The first-order valence-electron chi connectivity index (χ1n) is 10.4. The molecule has 1 fully saturated rings. The van der Waals surface area contributed by atoms with Gasteiger partial charge in [0.1, 0.15) is 0 Å². The average Bonchev–Trinajstić information content (AvgIpc) is 3.23. The Kier molecular flexibility index (Phi) is 7.13. The first-order chi connectivity index (χ1) is 15.8. The number of likely N-dealkylation sites (N-methyl/N-ethyl adjacent to an activating group) is 1. The number of aryl methyl sites for hydroxylation is 1. The number of aromatic nitrogens is 2. The lowest BCUT2D eigenvalue weighted by atomic mass is 10.2. The number of rotatable bonds is 7. The van der Waals surface area contributed by atoms with E-state index in [1.165, 1.54) is 28.2 Å². The molecule has 1 aliphatic rings. The molecule has 0 aliphatic carbocycles. The van der Waals surface area contributed by atoms with Gasteiger partial charge < -0.3 is 14.7 Å². The van der Waals surface area contributed by atoms with Crippen molar-refractivity contribution in [1.29, 1.82) is 0 Å². The molecule has 0 atom stereocenters. The highest BCUT2D eigenvalue weighted by Gasteiger charge is 2.27. The minimum absolute atomic E-state index is 0.219. The minimum Gasteiger partial charge on any atom is -0.340 e. The predicted octanol–water partition coefficient (Wildman–Crippen LogP) is 2.86. The summed E-state index contributed by atoms with van der Waals surface area (Å²) in [5, 5.41) is 6.72. The molecule has 0 unspecified atom stereocenters. The number of anilines is 1. The molecule has 0 spiro atoms. The molecule has 1 saturated heterocycles. The number of sulfonamides is 1. The van der Waals surface area contributed by atoms with Gasteiger partial charge in [0.05, 0.1) is 16.2 Å². The number of carbonyl (C=O) groups is 1. The Morgan fingerprint density at radius 2 is 1.79 bits per heavy atom. The Balaban J connectivity index is 1.43. The van der Waals surface area contributed by atoms with E-state index < -0.39 is 10.0 Å². The maximum Gasteiger partial charge on any atom is 0.256 e. The van der Waals surface area contributed by atoms with Gasteiger partial charge in [-0.1, -0.05) is 17.3 Å². The fourth-order valence-corrected chi connectivity index (χ4v) is 5.72. The quantitative estimate of drug-likeness (QED) is 0.507. The van der Waals surface area contributed by atoms with Crippen LogP contribution in [-0.2, 0) is 15.8 Å². The van der Waals surface area contributed by atoms with Crippen molar-refractivity contribution < 1.29 is 17.7 Å². The Morgan fingerprint density at radius 1 is 1.09 bits per heavy atom. The van der Waals surface area contributed by atoms with E-state index in [4.69, 9.17) is 4.52 Å². The van der Waals surface area contributed by atoms with Crippen LogP contribution in [0.1, 0.15) is 22.1 Å². The number of carbonyl (C=O) groups excluding carboxylic acids is 1. The maximum atomic E-state index is 12.9. The summed E-state index contributed by atoms with van der Waals surface area (Å²) in [5.41, 5.74) is 1.03. The number of hydrogen-bond donors (Lipinski definition) is 1. The summed E-state index contributed by atoms with van der Waals surface area (Å²) in [6.07, 6.45) is 0. The van der Waals surface area contributed by atoms with E-state index in [9.17, 15) is 13.2 Å². The van der Waals surface area contributed by atoms with E-state index in [0.717, 1.165) is 4.90 Å². The van der Waals surface area contributed by atoms with Crippen molar-refractivity contribution in [1.82, 2.24) is 19.3 Å². The average molecular weight is 488 g/mol. The van der Waals surface area contributed by atoms with Gasteiger partial charge in [-0.3, -0.25) is 4.79 Å². The van der Waals surface area contributed by atoms with E-state index in [0.29, 0.717) is 54.9 Å². The van der Waals surface area contributed by atoms with Crippen LogP contribution >= 0.6 is 11.8 Å². The summed E-state index contributed by atoms with van der Waals surface area (Å²) in [6.45, 7) is 4.07. The smallest absolute Gasteiger partial charge is 0.256 e. The summed E-state index contributed by atoms with van der Waals surface area (Å²) in [4.78, 5) is 20.2. The second-order valence-corrected chi connectivity index (χ2v) is 10.7. The molecule has 1 aromatic heterocycles. The van der Waals surface area contributed by atoms with Crippen LogP contribution in [0.25, 0.3) is 0 Å². The summed E-state index contributed by atoms with van der Waals surface area (Å²) in [5.74, 6) is 1.25. The molecule has 174 valence electrons. The lowest BCUT2D eigenvalue weighted by Gasteiger charge is -2.31. The monoisotopic (exact) mass is 487 g/mol. The zero-order valence-corrected chi connectivity index (χ0v) is 20.0. The second-order valence-electron chi connectivity index (χ2n) is 7.70. The molecule has 9 nitrogen and oxygen atoms in total. The summed E-state index contributed by atoms with van der Waals surface area (Å²) in [7, 11) is -1.57. The first kappa shape index (κ1) is 23.4. The molecule has 1 N–H and O–H groups in total. The van der Waals surface area contributed by atoms with Gasteiger partial charge in [0.15, 0.2) is 5.82 Å².